The molecule has 4 rings (SSSR count). The van der Waals surface area contributed by atoms with E-state index in [2.05, 4.69) is 10.6 Å². The number of nitrogens with zero attached hydrogens (tertiary/aromatic N) is 1. The SMILES string of the molecule is CCOC(=O)c1ccccc1NC(=O)N1CCC2(CC1)NC(=O)c1ccccc1O2. The molecule has 0 radical (unpaired) electrons. The maximum Gasteiger partial charge on any atom is 0.340 e. The van der Waals surface area contributed by atoms with Crippen LogP contribution >= 0.6 is 0 Å². The molecule has 3 amide bonds. The second-order valence-corrected chi connectivity index (χ2v) is 7.23. The Morgan fingerprint density at radius 3 is 2.60 bits per heavy atom. The third kappa shape index (κ3) is 3.80. The molecule has 1 saturated heterocycles. The lowest BCUT2D eigenvalue weighted by molar-refractivity contribution is -0.0203. The summed E-state index contributed by atoms with van der Waals surface area (Å²) < 4.78 is 11.2. The van der Waals surface area contributed by atoms with Gasteiger partial charge in [-0.1, -0.05) is 24.3 Å². The Kier molecular flexibility index (Phi) is 5.31. The van der Waals surface area contributed by atoms with Crippen LogP contribution in [-0.2, 0) is 4.74 Å². The Bertz CT molecular complexity index is 982. The van der Waals surface area contributed by atoms with Crippen LogP contribution in [0.1, 0.15) is 40.5 Å². The Labute approximate surface area is 174 Å². The summed E-state index contributed by atoms with van der Waals surface area (Å²) in [5.41, 5.74) is 0.405. The van der Waals surface area contributed by atoms with Gasteiger partial charge in [-0.2, -0.15) is 0 Å². The maximum atomic E-state index is 12.8. The highest BCUT2D eigenvalue weighted by molar-refractivity contribution is 6.01. The van der Waals surface area contributed by atoms with Crippen LogP contribution < -0.4 is 15.4 Å². The highest BCUT2D eigenvalue weighted by Gasteiger charge is 2.43. The van der Waals surface area contributed by atoms with Crippen molar-refractivity contribution in [1.29, 1.82) is 0 Å². The van der Waals surface area contributed by atoms with Crippen LogP contribution in [0.3, 0.4) is 0 Å². The molecule has 2 N–H and O–H groups in total. The number of fused-ring (bicyclic) bond motifs is 1. The minimum atomic E-state index is -0.814. The van der Waals surface area contributed by atoms with E-state index in [1.165, 1.54) is 0 Å². The van der Waals surface area contributed by atoms with E-state index in [4.69, 9.17) is 9.47 Å². The number of anilines is 1. The zero-order valence-corrected chi connectivity index (χ0v) is 16.6. The predicted octanol–water partition coefficient (Wildman–Crippen LogP) is 3.01. The monoisotopic (exact) mass is 409 g/mol. The topological polar surface area (TPSA) is 97.0 Å². The zero-order valence-electron chi connectivity index (χ0n) is 16.6. The second-order valence-electron chi connectivity index (χ2n) is 7.23. The van der Waals surface area contributed by atoms with E-state index < -0.39 is 11.7 Å². The van der Waals surface area contributed by atoms with Crippen LogP contribution in [0.25, 0.3) is 0 Å². The number of carbonyl (C=O) groups is 3. The van der Waals surface area contributed by atoms with Gasteiger partial charge in [0.2, 0.25) is 0 Å². The summed E-state index contributed by atoms with van der Waals surface area (Å²) >= 11 is 0. The second kappa shape index (κ2) is 8.06. The molecule has 8 heteroatoms. The highest BCUT2D eigenvalue weighted by atomic mass is 16.5. The summed E-state index contributed by atoms with van der Waals surface area (Å²) in [4.78, 5) is 39.0. The first-order valence-electron chi connectivity index (χ1n) is 9.94. The van der Waals surface area contributed by atoms with Gasteiger partial charge >= 0.3 is 12.0 Å². The maximum absolute atomic E-state index is 12.8. The highest BCUT2D eigenvalue weighted by Crippen LogP contribution is 2.33. The zero-order chi connectivity index (χ0) is 21.1. The van der Waals surface area contributed by atoms with E-state index in [0.29, 0.717) is 48.5 Å². The van der Waals surface area contributed by atoms with Gasteiger partial charge in [0.15, 0.2) is 5.72 Å². The molecule has 0 atom stereocenters. The van der Waals surface area contributed by atoms with Crippen molar-refractivity contribution in [2.75, 3.05) is 25.0 Å². The molecule has 1 spiro atoms. The third-order valence-electron chi connectivity index (χ3n) is 5.30. The van der Waals surface area contributed by atoms with Gasteiger partial charge in [0.05, 0.1) is 23.4 Å². The first-order chi connectivity index (χ1) is 14.5. The van der Waals surface area contributed by atoms with Gasteiger partial charge in [-0.05, 0) is 31.2 Å². The van der Waals surface area contributed by atoms with Gasteiger partial charge in [-0.25, -0.2) is 9.59 Å². The van der Waals surface area contributed by atoms with Gasteiger partial charge in [0.25, 0.3) is 5.91 Å². The number of esters is 1. The molecule has 2 aromatic carbocycles. The molecule has 0 aromatic heterocycles. The van der Waals surface area contributed by atoms with E-state index in [1.54, 1.807) is 54.3 Å². The minimum Gasteiger partial charge on any atom is -0.467 e. The van der Waals surface area contributed by atoms with E-state index in [1.807, 2.05) is 6.07 Å². The van der Waals surface area contributed by atoms with Gasteiger partial charge < -0.3 is 25.0 Å². The molecule has 2 aromatic rings. The Hall–Kier alpha value is -3.55. The van der Waals surface area contributed by atoms with Crippen LogP contribution in [0.15, 0.2) is 48.5 Å². The van der Waals surface area contributed by atoms with Crippen molar-refractivity contribution in [3.63, 3.8) is 0 Å². The Morgan fingerprint density at radius 1 is 1.13 bits per heavy atom. The molecular formula is C22H23N3O5. The molecule has 156 valence electrons. The van der Waals surface area contributed by atoms with Crippen molar-refractivity contribution >= 4 is 23.6 Å². The number of carbonyl (C=O) groups excluding carboxylic acids is 3. The van der Waals surface area contributed by atoms with Crippen LogP contribution in [-0.4, -0.2) is 48.2 Å². The average molecular weight is 409 g/mol. The standard InChI is InChI=1S/C22H23N3O5/c1-2-29-20(27)15-7-3-5-9-17(15)23-21(28)25-13-11-22(12-14-25)24-19(26)16-8-4-6-10-18(16)30-22/h3-10H,2,11-14H2,1H3,(H,23,28)(H,24,26). The van der Waals surface area contributed by atoms with Crippen molar-refractivity contribution < 1.29 is 23.9 Å². The van der Waals surface area contributed by atoms with Crippen molar-refractivity contribution in [3.05, 3.63) is 59.7 Å². The van der Waals surface area contributed by atoms with Gasteiger partial charge in [0.1, 0.15) is 5.75 Å². The lowest BCUT2D eigenvalue weighted by Crippen LogP contribution is -2.61. The molecule has 2 aliphatic rings. The first-order valence-corrected chi connectivity index (χ1v) is 9.94. The quantitative estimate of drug-likeness (QED) is 0.760. The lowest BCUT2D eigenvalue weighted by atomic mass is 9.97. The number of likely N-dealkylation sites (tertiary alicyclic amines) is 1. The fourth-order valence-electron chi connectivity index (χ4n) is 3.72. The summed E-state index contributed by atoms with van der Waals surface area (Å²) in [6.45, 7) is 2.78. The number of rotatable bonds is 3. The smallest absolute Gasteiger partial charge is 0.340 e. The Balaban J connectivity index is 1.41. The molecule has 8 nitrogen and oxygen atoms in total. The number of nitrogens with one attached hydrogen (secondary N) is 2. The number of urea groups is 1. The van der Waals surface area contributed by atoms with Crippen LogP contribution in [0.2, 0.25) is 0 Å². The van der Waals surface area contributed by atoms with Crippen molar-refractivity contribution in [2.45, 2.75) is 25.5 Å². The fourth-order valence-corrected chi connectivity index (χ4v) is 3.72. The number of hydrogen-bond donors (Lipinski definition) is 2. The van der Waals surface area contributed by atoms with E-state index in [0.717, 1.165) is 0 Å². The third-order valence-corrected chi connectivity index (χ3v) is 5.30. The van der Waals surface area contributed by atoms with Crippen LogP contribution in [0.4, 0.5) is 10.5 Å². The molecular weight excluding hydrogens is 386 g/mol. The number of piperidine rings is 1. The van der Waals surface area contributed by atoms with Gasteiger partial charge in [0, 0.05) is 25.9 Å². The first kappa shape index (κ1) is 19.8. The summed E-state index contributed by atoms with van der Waals surface area (Å²) in [5.74, 6) is -0.0939. The molecule has 0 unspecified atom stereocenters. The van der Waals surface area contributed by atoms with Crippen molar-refractivity contribution in [2.24, 2.45) is 0 Å². The van der Waals surface area contributed by atoms with E-state index in [9.17, 15) is 14.4 Å². The normalized spacial score (nSPS) is 16.8. The van der Waals surface area contributed by atoms with Crippen LogP contribution in [0.5, 0.6) is 5.75 Å². The minimum absolute atomic E-state index is 0.168. The fraction of sp³-hybridized carbons (Fsp3) is 0.318. The summed E-state index contributed by atoms with van der Waals surface area (Å²) in [7, 11) is 0. The van der Waals surface area contributed by atoms with Crippen molar-refractivity contribution in [3.8, 4) is 5.75 Å². The molecule has 1 fully saturated rings. The molecule has 2 aliphatic heterocycles. The largest absolute Gasteiger partial charge is 0.467 e. The van der Waals surface area contributed by atoms with Gasteiger partial charge in [-0.15, -0.1) is 0 Å². The van der Waals surface area contributed by atoms with E-state index in [-0.39, 0.29) is 18.5 Å². The average Bonchev–Trinajstić information content (AvgIpc) is 2.75. The number of ether oxygens (including phenoxy) is 2. The molecule has 2 heterocycles. The summed E-state index contributed by atoms with van der Waals surface area (Å²) in [6.07, 6.45) is 0.917. The Morgan fingerprint density at radius 2 is 1.83 bits per heavy atom. The number of benzene rings is 2. The summed E-state index contributed by atoms with van der Waals surface area (Å²) in [6, 6.07) is 13.5. The summed E-state index contributed by atoms with van der Waals surface area (Å²) in [5, 5.41) is 5.75. The van der Waals surface area contributed by atoms with Crippen molar-refractivity contribution in [1.82, 2.24) is 10.2 Å². The van der Waals surface area contributed by atoms with Gasteiger partial charge in [-0.3, -0.25) is 4.79 Å². The predicted molar refractivity (Wildman–Crippen MR) is 109 cm³/mol. The molecule has 30 heavy (non-hydrogen) atoms. The molecule has 0 saturated carbocycles. The molecule has 0 aliphatic carbocycles. The molecule has 0 bridgehead atoms. The van der Waals surface area contributed by atoms with E-state index >= 15 is 0 Å². The van der Waals surface area contributed by atoms with Crippen LogP contribution in [0, 0.1) is 0 Å². The number of amides is 3. The number of para-hydroxylation sites is 2. The number of hydrogen-bond acceptors (Lipinski definition) is 5. The lowest BCUT2D eigenvalue weighted by Gasteiger charge is -2.44.